The first kappa shape index (κ1) is 63.1. The standard InChI is InChI=1S/C64H59Cl2N9O17/c1-64-56(82)30-8-12-45(39(66)20-30)92-48-23-32-22-47(55(48)81)91-44-11-5-27(15-38(44)65)16-40-57(83)70-52(31-17-33(76)24-35(18-31)90-46-21-28(6-10-42(46)79)50(67)58(84)69-40)60(86)72-53(32)61(87)71-51(62(88)74-64)29-7-9-41(78)36(19-29)49-37(25-34(77)26-43(49)80)54(73-63(64)89)59(85)68-13-4-14-75(2)3/h5-12,15,17-26,40,50-54,56,76-82H,4,13-14,16,67H2,1-3H3,(H,68,85)(H,69,84)(H,70,83)(H,71,87)(H,72,86)(H,73,89)(H,74,88)/t40-,50-,51-,52+,53-,54-,56-,64?/m1/s1. The number of amides is 7. The monoisotopic (exact) mass is 1300 g/mol. The third-order valence-electron chi connectivity index (χ3n) is 16.0. The number of carbonyl (C=O) groups excluding carboxylic acids is 7. The van der Waals surface area contributed by atoms with E-state index >= 15 is 19.2 Å². The molecule has 8 atom stereocenters. The molecule has 0 saturated carbocycles. The predicted molar refractivity (Wildman–Crippen MR) is 328 cm³/mol. The summed E-state index contributed by atoms with van der Waals surface area (Å²) in [5.41, 5.74) is 2.40. The lowest BCUT2D eigenvalue weighted by atomic mass is 9.85. The third kappa shape index (κ3) is 12.6. The number of aliphatic hydroxyl groups excluding tert-OH is 1. The highest BCUT2D eigenvalue weighted by Crippen LogP contribution is 2.48. The molecule has 0 fully saturated rings. The summed E-state index contributed by atoms with van der Waals surface area (Å²) in [5.74, 6) is -13.4. The van der Waals surface area contributed by atoms with Gasteiger partial charge in [0.05, 0.1) is 10.0 Å². The minimum atomic E-state index is -2.62. The maximum atomic E-state index is 15.9. The smallest absolute Gasteiger partial charge is 0.249 e. The van der Waals surface area contributed by atoms with E-state index in [4.69, 9.17) is 43.1 Å². The lowest BCUT2D eigenvalue weighted by Gasteiger charge is -2.37. The molecule has 0 saturated heterocycles. The van der Waals surface area contributed by atoms with Crippen LogP contribution in [0.15, 0.2) is 115 Å². The number of hydrogen-bond donors (Lipinski definition) is 15. The van der Waals surface area contributed by atoms with Gasteiger partial charge >= 0.3 is 0 Å². The summed E-state index contributed by atoms with van der Waals surface area (Å²) in [6.45, 7) is 1.67. The van der Waals surface area contributed by atoms with Crippen molar-refractivity contribution in [1.82, 2.24) is 42.1 Å². The summed E-state index contributed by atoms with van der Waals surface area (Å²) in [6.07, 6.45) is -2.05. The van der Waals surface area contributed by atoms with E-state index in [1.54, 1.807) is 0 Å². The number of nitrogens with one attached hydrogen (secondary N) is 7. The van der Waals surface area contributed by atoms with Gasteiger partial charge in [0.2, 0.25) is 47.1 Å². The molecule has 476 valence electrons. The van der Waals surface area contributed by atoms with Crippen molar-refractivity contribution in [2.45, 2.75) is 67.7 Å². The predicted octanol–water partition coefficient (Wildman–Crippen LogP) is 5.36. The van der Waals surface area contributed by atoms with E-state index < -0.39 is 135 Å². The average Bonchev–Trinajstić information content (AvgIpc) is 0.767. The number of hydrogen-bond acceptors (Lipinski definition) is 19. The normalized spacial score (nSPS) is 22.1. The summed E-state index contributed by atoms with van der Waals surface area (Å²) < 4.78 is 18.6. The summed E-state index contributed by atoms with van der Waals surface area (Å²) in [4.78, 5) is 108. The molecule has 7 amide bonds. The highest BCUT2D eigenvalue weighted by atomic mass is 35.5. The number of fused-ring (bicyclic) bond motifs is 14. The van der Waals surface area contributed by atoms with Crippen molar-refractivity contribution in [3.8, 4) is 80.1 Å². The van der Waals surface area contributed by atoms with Crippen molar-refractivity contribution >= 4 is 64.6 Å². The Morgan fingerprint density at radius 3 is 1.87 bits per heavy atom. The van der Waals surface area contributed by atoms with Crippen molar-refractivity contribution in [2.24, 2.45) is 5.73 Å². The van der Waals surface area contributed by atoms with Gasteiger partial charge in [-0.15, -0.1) is 0 Å². The fraction of sp³-hybridized carbons (Fsp3) is 0.234. The fourth-order valence-electron chi connectivity index (χ4n) is 11.2. The molecule has 0 radical (unpaired) electrons. The average molecular weight is 1300 g/mol. The van der Waals surface area contributed by atoms with E-state index in [1.807, 2.05) is 19.0 Å². The molecule has 17 bridgehead atoms. The summed E-state index contributed by atoms with van der Waals surface area (Å²) >= 11 is 13.9. The van der Waals surface area contributed by atoms with E-state index in [-0.39, 0.29) is 90.5 Å². The minimum Gasteiger partial charge on any atom is -0.508 e. The van der Waals surface area contributed by atoms with E-state index in [0.29, 0.717) is 18.5 Å². The van der Waals surface area contributed by atoms with E-state index in [9.17, 15) is 50.1 Å². The molecule has 0 aliphatic carbocycles. The van der Waals surface area contributed by atoms with Crippen LogP contribution < -0.4 is 57.2 Å². The summed E-state index contributed by atoms with van der Waals surface area (Å²) in [6, 6.07) is 11.5. The number of ether oxygens (including phenoxy) is 3. The molecule has 16 N–H and O–H groups in total. The zero-order valence-electron chi connectivity index (χ0n) is 48.8. The minimum absolute atomic E-state index is 0.0483. The van der Waals surface area contributed by atoms with E-state index in [0.717, 1.165) is 55.5 Å². The van der Waals surface area contributed by atoms with Gasteiger partial charge in [-0.1, -0.05) is 47.5 Å². The molecule has 0 spiro atoms. The SMILES string of the molecule is CN(C)CCCNC(=O)[C@@H]1NC(=O)C2(C)NC(=O)[C@H](NC(=O)[C@@H]3NC(=O)[C@H]4NC(=O)[C@@H](Cc5ccc(c(Cl)c5)Oc5cc3cc(c5O)Oc3ccc(cc3Cl)[C@H]2O)NC(=O)[C@H](N)c2ccc(O)c(c2)Oc2cc(O)cc4c2)c2ccc(O)c(c2)-c2c(O)cc(O)cc21. The van der Waals surface area contributed by atoms with Crippen LogP contribution in [0.4, 0.5) is 0 Å². The highest BCUT2D eigenvalue weighted by Gasteiger charge is 2.48. The molecular weight excluding hydrogens is 1240 g/mol. The quantitative estimate of drug-likeness (QED) is 0.0965. The van der Waals surface area contributed by atoms with Crippen LogP contribution in [-0.4, -0.2) is 121 Å². The van der Waals surface area contributed by atoms with Crippen LogP contribution in [0.5, 0.6) is 69.0 Å². The zero-order valence-corrected chi connectivity index (χ0v) is 50.3. The van der Waals surface area contributed by atoms with Crippen LogP contribution in [-0.2, 0) is 40.0 Å². The zero-order chi connectivity index (χ0) is 65.8. The van der Waals surface area contributed by atoms with Gasteiger partial charge in [-0.2, -0.15) is 0 Å². The van der Waals surface area contributed by atoms with Crippen LogP contribution in [0, 0.1) is 0 Å². The number of benzene rings is 7. The second kappa shape index (κ2) is 25.0. The maximum Gasteiger partial charge on any atom is 0.249 e. The lowest BCUT2D eigenvalue weighted by Crippen LogP contribution is -2.63. The maximum absolute atomic E-state index is 15.9. The Bertz CT molecular complexity index is 4230. The van der Waals surface area contributed by atoms with Crippen molar-refractivity contribution in [2.75, 3.05) is 27.2 Å². The Labute approximate surface area is 532 Å². The molecule has 6 aliphatic rings. The first-order valence-corrected chi connectivity index (χ1v) is 29.2. The molecule has 0 aromatic heterocycles. The van der Waals surface area contributed by atoms with Crippen molar-refractivity contribution < 1.29 is 83.5 Å². The molecule has 26 nitrogen and oxygen atoms in total. The van der Waals surface area contributed by atoms with Gasteiger partial charge in [-0.25, -0.2) is 0 Å². The van der Waals surface area contributed by atoms with Gasteiger partial charge in [-0.05, 0) is 152 Å². The molecule has 6 heterocycles. The summed E-state index contributed by atoms with van der Waals surface area (Å²) in [7, 11) is 3.63. The fourth-order valence-corrected chi connectivity index (χ4v) is 11.6. The second-order valence-corrected chi connectivity index (χ2v) is 23.7. The third-order valence-corrected chi connectivity index (χ3v) is 16.6. The number of aromatic hydroxyl groups is 6. The molecule has 13 rings (SSSR count). The van der Waals surface area contributed by atoms with Crippen LogP contribution in [0.2, 0.25) is 10.0 Å². The number of aliphatic hydroxyl groups is 1. The van der Waals surface area contributed by atoms with Gasteiger partial charge in [-0.3, -0.25) is 33.6 Å². The molecule has 6 aliphatic heterocycles. The van der Waals surface area contributed by atoms with Gasteiger partial charge in [0.25, 0.3) is 0 Å². The number of carbonyl (C=O) groups is 7. The molecule has 7 aromatic rings. The van der Waals surface area contributed by atoms with Crippen molar-refractivity contribution in [3.63, 3.8) is 0 Å². The lowest BCUT2D eigenvalue weighted by molar-refractivity contribution is -0.141. The van der Waals surface area contributed by atoms with Gasteiger partial charge in [0.15, 0.2) is 23.0 Å². The van der Waals surface area contributed by atoms with E-state index in [1.165, 1.54) is 66.7 Å². The van der Waals surface area contributed by atoms with E-state index in [2.05, 4.69) is 37.2 Å². The number of nitrogens with zero attached hydrogens (tertiary/aromatic N) is 1. The first-order valence-electron chi connectivity index (χ1n) is 28.5. The van der Waals surface area contributed by atoms with Crippen LogP contribution >= 0.6 is 23.2 Å². The van der Waals surface area contributed by atoms with Crippen molar-refractivity contribution in [3.05, 3.63) is 164 Å². The number of phenols is 6. The molecule has 92 heavy (non-hydrogen) atoms. The highest BCUT2D eigenvalue weighted by molar-refractivity contribution is 6.32. The van der Waals surface area contributed by atoms with Crippen LogP contribution in [0.1, 0.15) is 88.6 Å². The number of phenolic OH excluding ortho intramolecular Hbond substituents is 6. The first-order chi connectivity index (χ1) is 43.7. The van der Waals surface area contributed by atoms with Gasteiger partial charge in [0.1, 0.15) is 88.1 Å². The number of nitrogens with two attached hydrogens (primary N) is 1. The Morgan fingerprint density at radius 1 is 0.598 bits per heavy atom. The molecule has 1 unspecified atom stereocenters. The van der Waals surface area contributed by atoms with Crippen LogP contribution in [0.25, 0.3) is 11.1 Å². The number of halogens is 2. The van der Waals surface area contributed by atoms with Crippen molar-refractivity contribution in [1.29, 1.82) is 0 Å². The topological polar surface area (TPSA) is 402 Å². The Kier molecular flexibility index (Phi) is 17.2. The Balaban J connectivity index is 1.13. The van der Waals surface area contributed by atoms with Crippen LogP contribution in [0.3, 0.4) is 0 Å². The largest absolute Gasteiger partial charge is 0.508 e. The molecule has 28 heteroatoms. The van der Waals surface area contributed by atoms with Gasteiger partial charge in [0, 0.05) is 36.2 Å². The van der Waals surface area contributed by atoms with Gasteiger partial charge < -0.3 is 97.8 Å². The number of rotatable bonds is 5. The molecule has 7 aromatic carbocycles. The second-order valence-electron chi connectivity index (χ2n) is 22.8. The molecular formula is C64H59Cl2N9O17. The summed E-state index contributed by atoms with van der Waals surface area (Å²) in [5, 5.41) is 99.6. The Morgan fingerprint density at radius 2 is 1.20 bits per heavy atom. The Hall–Kier alpha value is -10.5.